The van der Waals surface area contributed by atoms with E-state index in [0.717, 1.165) is 0 Å². The van der Waals surface area contributed by atoms with Crippen LogP contribution in [-0.4, -0.2) is 30.2 Å². The number of hydrogen-bond acceptors (Lipinski definition) is 7. The molecule has 8 nitrogen and oxygen atoms in total. The number of nitro benzene ring substituents is 1. The fraction of sp³-hybridized carbons (Fsp3) is 0.118. The van der Waals surface area contributed by atoms with Crippen molar-refractivity contribution in [3.8, 4) is 17.2 Å². The summed E-state index contributed by atoms with van der Waals surface area (Å²) in [6, 6.07) is 6.64. The molecule has 0 radical (unpaired) electrons. The minimum atomic E-state index is -0.606. The van der Waals surface area contributed by atoms with E-state index in [2.05, 4.69) is 0 Å². The number of benzene rings is 2. The van der Waals surface area contributed by atoms with E-state index in [1.807, 2.05) is 0 Å². The molecule has 8 heteroatoms. The topological polar surface area (TPSA) is 108 Å². The van der Waals surface area contributed by atoms with Gasteiger partial charge in [-0.2, -0.15) is 0 Å². The Labute approximate surface area is 142 Å². The van der Waals surface area contributed by atoms with Gasteiger partial charge in [0, 0.05) is 11.6 Å². The van der Waals surface area contributed by atoms with Crippen LogP contribution in [0.4, 0.5) is 5.69 Å². The summed E-state index contributed by atoms with van der Waals surface area (Å²) in [5.41, 5.74) is 0.553. The molecule has 3 rings (SSSR count). The molecule has 0 aliphatic carbocycles. The lowest BCUT2D eigenvalue weighted by molar-refractivity contribution is -0.385. The Kier molecular flexibility index (Phi) is 4.02. The lowest BCUT2D eigenvalue weighted by Crippen LogP contribution is -1.96. The van der Waals surface area contributed by atoms with E-state index in [1.165, 1.54) is 44.6 Å². The molecule has 1 heterocycles. The molecule has 25 heavy (non-hydrogen) atoms. The third kappa shape index (κ3) is 2.85. The zero-order valence-electron chi connectivity index (χ0n) is 13.3. The Balaban J connectivity index is 2.17. The third-order valence-corrected chi connectivity index (χ3v) is 3.71. The van der Waals surface area contributed by atoms with Gasteiger partial charge in [-0.25, -0.2) is 4.79 Å². The summed E-state index contributed by atoms with van der Waals surface area (Å²) in [5.74, 6) is 0.118. The van der Waals surface area contributed by atoms with E-state index in [0.29, 0.717) is 17.1 Å². The van der Waals surface area contributed by atoms with Gasteiger partial charge in [0.25, 0.3) is 5.69 Å². The van der Waals surface area contributed by atoms with Crippen LogP contribution in [0.3, 0.4) is 0 Å². The quantitative estimate of drug-likeness (QED) is 0.516. The second kappa shape index (κ2) is 6.16. The monoisotopic (exact) mass is 343 g/mol. The highest BCUT2D eigenvalue weighted by Crippen LogP contribution is 2.40. The number of ether oxygens (including phenoxy) is 3. The van der Waals surface area contributed by atoms with Crippen LogP contribution in [0.2, 0.25) is 0 Å². The summed E-state index contributed by atoms with van der Waals surface area (Å²) in [5, 5.41) is 20.7. The Morgan fingerprint density at radius 1 is 1.12 bits per heavy atom. The highest BCUT2D eigenvalue weighted by atomic mass is 16.6. The van der Waals surface area contributed by atoms with Crippen molar-refractivity contribution < 1.29 is 29.0 Å². The first-order valence-electron chi connectivity index (χ1n) is 7.12. The number of phenols is 1. The Morgan fingerprint density at radius 3 is 2.36 bits per heavy atom. The number of nitro groups is 1. The van der Waals surface area contributed by atoms with Gasteiger partial charge in [0.2, 0.25) is 0 Å². The van der Waals surface area contributed by atoms with Crippen molar-refractivity contribution in [2.45, 2.75) is 0 Å². The predicted octanol–water partition coefficient (Wildman–Crippen LogP) is 2.99. The van der Waals surface area contributed by atoms with E-state index < -0.39 is 10.9 Å². The van der Waals surface area contributed by atoms with Gasteiger partial charge in [0.15, 0.2) is 11.5 Å². The Bertz CT molecular complexity index is 917. The summed E-state index contributed by atoms with van der Waals surface area (Å²) in [6.45, 7) is 0. The van der Waals surface area contributed by atoms with Gasteiger partial charge in [0.1, 0.15) is 11.5 Å². The zero-order valence-corrected chi connectivity index (χ0v) is 13.3. The first kappa shape index (κ1) is 16.3. The van der Waals surface area contributed by atoms with Crippen molar-refractivity contribution in [3.63, 3.8) is 0 Å². The molecule has 0 unspecified atom stereocenters. The smallest absolute Gasteiger partial charge is 0.344 e. The molecule has 2 aromatic rings. The van der Waals surface area contributed by atoms with E-state index in [9.17, 15) is 20.0 Å². The van der Waals surface area contributed by atoms with Crippen LogP contribution < -0.4 is 9.47 Å². The van der Waals surface area contributed by atoms with Gasteiger partial charge < -0.3 is 19.3 Å². The van der Waals surface area contributed by atoms with Gasteiger partial charge in [-0.05, 0) is 30.3 Å². The second-order valence-electron chi connectivity index (χ2n) is 5.15. The highest BCUT2D eigenvalue weighted by Gasteiger charge is 2.29. The molecule has 0 aromatic heterocycles. The molecule has 128 valence electrons. The van der Waals surface area contributed by atoms with Crippen molar-refractivity contribution >= 4 is 23.5 Å². The number of carbonyl (C=O) groups is 1. The summed E-state index contributed by atoms with van der Waals surface area (Å²) in [7, 11) is 2.89. The molecule has 0 amide bonds. The minimum Gasteiger partial charge on any atom is -0.508 e. The van der Waals surface area contributed by atoms with Crippen molar-refractivity contribution in [2.24, 2.45) is 0 Å². The normalized spacial score (nSPS) is 14.2. The Morgan fingerprint density at radius 2 is 1.76 bits per heavy atom. The second-order valence-corrected chi connectivity index (χ2v) is 5.15. The number of esters is 1. The summed E-state index contributed by atoms with van der Waals surface area (Å²) >= 11 is 0. The maximum Gasteiger partial charge on any atom is 0.344 e. The molecule has 1 aliphatic heterocycles. The molecule has 0 saturated heterocycles. The van der Waals surface area contributed by atoms with E-state index >= 15 is 0 Å². The number of cyclic esters (lactones) is 1. The third-order valence-electron chi connectivity index (χ3n) is 3.71. The molecule has 2 aromatic carbocycles. The van der Waals surface area contributed by atoms with Crippen LogP contribution in [0.1, 0.15) is 21.5 Å². The summed E-state index contributed by atoms with van der Waals surface area (Å²) < 4.78 is 15.6. The number of fused-ring (bicyclic) bond motifs is 1. The molecular formula is C17H13NO7. The molecule has 0 atom stereocenters. The number of nitrogens with zero attached hydrogens (tertiary/aromatic N) is 1. The van der Waals surface area contributed by atoms with Crippen LogP contribution in [0.15, 0.2) is 30.3 Å². The van der Waals surface area contributed by atoms with E-state index in [1.54, 1.807) is 6.07 Å². The molecule has 1 aliphatic rings. The SMILES string of the molecule is COc1cc2c(cc1OC)/C(=C/c1cc(O)ccc1[N+](=O)[O-])OC2=O. The number of carbonyl (C=O) groups excluding carboxylic acids is 1. The average molecular weight is 343 g/mol. The van der Waals surface area contributed by atoms with Crippen molar-refractivity contribution in [1.82, 2.24) is 0 Å². The van der Waals surface area contributed by atoms with Crippen LogP contribution in [0.25, 0.3) is 11.8 Å². The van der Waals surface area contributed by atoms with Crippen molar-refractivity contribution in [2.75, 3.05) is 14.2 Å². The first-order valence-corrected chi connectivity index (χ1v) is 7.12. The molecule has 1 N–H and O–H groups in total. The fourth-order valence-corrected chi connectivity index (χ4v) is 2.53. The van der Waals surface area contributed by atoms with Crippen LogP contribution in [0.5, 0.6) is 17.2 Å². The lowest BCUT2D eigenvalue weighted by atomic mass is 10.0. The van der Waals surface area contributed by atoms with Gasteiger partial charge in [0.05, 0.1) is 30.3 Å². The van der Waals surface area contributed by atoms with Gasteiger partial charge in [-0.3, -0.25) is 10.1 Å². The Hall–Kier alpha value is -3.55. The molecule has 0 fully saturated rings. The lowest BCUT2D eigenvalue weighted by Gasteiger charge is -2.08. The van der Waals surface area contributed by atoms with E-state index in [4.69, 9.17) is 14.2 Å². The summed E-state index contributed by atoms with van der Waals surface area (Å²) in [6.07, 6.45) is 1.33. The minimum absolute atomic E-state index is 0.107. The first-order chi connectivity index (χ1) is 11.9. The largest absolute Gasteiger partial charge is 0.508 e. The standard InChI is InChI=1S/C17H13NO7/c1-23-15-7-11-12(8-16(15)24-2)17(20)25-14(11)6-9-5-10(19)3-4-13(9)18(21)22/h3-8,19H,1-2H3/b14-6-. The molecule has 0 saturated carbocycles. The molecular weight excluding hydrogens is 330 g/mol. The average Bonchev–Trinajstić information content (AvgIpc) is 2.88. The molecule has 0 spiro atoms. The van der Waals surface area contributed by atoms with Gasteiger partial charge in [-0.1, -0.05) is 0 Å². The number of methoxy groups -OCH3 is 2. The van der Waals surface area contributed by atoms with Gasteiger partial charge in [-0.15, -0.1) is 0 Å². The summed E-state index contributed by atoms with van der Waals surface area (Å²) in [4.78, 5) is 22.6. The zero-order chi connectivity index (χ0) is 18.1. The maximum atomic E-state index is 12.1. The number of aromatic hydroxyl groups is 1. The number of hydrogen-bond donors (Lipinski definition) is 1. The van der Waals surface area contributed by atoms with Crippen LogP contribution in [0, 0.1) is 10.1 Å². The van der Waals surface area contributed by atoms with Crippen LogP contribution >= 0.6 is 0 Å². The van der Waals surface area contributed by atoms with Crippen molar-refractivity contribution in [3.05, 3.63) is 57.1 Å². The fourth-order valence-electron chi connectivity index (χ4n) is 2.53. The van der Waals surface area contributed by atoms with Crippen LogP contribution in [-0.2, 0) is 4.74 Å². The highest BCUT2D eigenvalue weighted by molar-refractivity contribution is 6.06. The maximum absolute atomic E-state index is 12.1. The van der Waals surface area contributed by atoms with E-state index in [-0.39, 0.29) is 28.3 Å². The number of rotatable bonds is 4. The number of phenolic OH excluding ortho intramolecular Hbond substituents is 1. The van der Waals surface area contributed by atoms with Gasteiger partial charge >= 0.3 is 5.97 Å². The van der Waals surface area contributed by atoms with Crippen molar-refractivity contribution in [1.29, 1.82) is 0 Å². The predicted molar refractivity (Wildman–Crippen MR) is 87.6 cm³/mol. The molecule has 0 bridgehead atoms.